The van der Waals surface area contributed by atoms with Gasteiger partial charge in [-0.05, 0) is 24.3 Å². The summed E-state index contributed by atoms with van der Waals surface area (Å²) in [5, 5.41) is 4.36. The summed E-state index contributed by atoms with van der Waals surface area (Å²) in [6.07, 6.45) is -0.374. The van der Waals surface area contributed by atoms with Crippen molar-refractivity contribution in [2.45, 2.75) is 13.3 Å². The highest BCUT2D eigenvalue weighted by atomic mass is 35.5. The van der Waals surface area contributed by atoms with Crippen LogP contribution in [0.5, 0.6) is 0 Å². The lowest BCUT2D eigenvalue weighted by Crippen LogP contribution is -2.32. The number of carbonyl (C=O) groups excluding carboxylic acids is 5. The van der Waals surface area contributed by atoms with Gasteiger partial charge in [0.1, 0.15) is 0 Å². The van der Waals surface area contributed by atoms with Gasteiger partial charge in [0.05, 0.1) is 37.6 Å². The Labute approximate surface area is 213 Å². The monoisotopic (exact) mass is 545 g/mol. The smallest absolute Gasteiger partial charge is 0.308 e. The largest absolute Gasteiger partial charge is 0.456 e. The summed E-state index contributed by atoms with van der Waals surface area (Å²) in [6, 6.07) is 6.29. The van der Waals surface area contributed by atoms with Crippen molar-refractivity contribution in [1.29, 1.82) is 0 Å². The maximum atomic E-state index is 12.6. The number of imide groups is 1. The third-order valence-electron chi connectivity index (χ3n) is 4.58. The van der Waals surface area contributed by atoms with Crippen molar-refractivity contribution in [3.8, 4) is 0 Å². The number of nitrogens with zero attached hydrogens (tertiary/aromatic N) is 1. The molecule has 0 unspecified atom stereocenters. The van der Waals surface area contributed by atoms with Crippen LogP contribution < -0.4 is 10.6 Å². The van der Waals surface area contributed by atoms with Gasteiger partial charge in [0.2, 0.25) is 5.91 Å². The number of benzene rings is 2. The van der Waals surface area contributed by atoms with E-state index in [1.54, 1.807) is 24.3 Å². The fraction of sp³-hybridized carbons (Fsp3) is 0.190. The highest BCUT2D eigenvalue weighted by Gasteiger charge is 2.41. The molecular weight excluding hydrogens is 532 g/mol. The van der Waals surface area contributed by atoms with Crippen LogP contribution in [0, 0.1) is 0 Å². The number of nitrogens with one attached hydrogen (secondary N) is 2. The predicted molar refractivity (Wildman–Crippen MR) is 127 cm³/mol. The first-order chi connectivity index (χ1) is 16.0. The van der Waals surface area contributed by atoms with Gasteiger partial charge in [-0.1, -0.05) is 46.4 Å². The van der Waals surface area contributed by atoms with Crippen molar-refractivity contribution in [3.63, 3.8) is 0 Å². The summed E-state index contributed by atoms with van der Waals surface area (Å²) in [7, 11) is 0. The zero-order chi connectivity index (χ0) is 25.2. The molecule has 34 heavy (non-hydrogen) atoms. The summed E-state index contributed by atoms with van der Waals surface area (Å²) in [5.74, 6) is -3.22. The lowest BCUT2D eigenvalue weighted by atomic mass is 10.1. The van der Waals surface area contributed by atoms with E-state index in [0.717, 1.165) is 4.90 Å². The summed E-state index contributed by atoms with van der Waals surface area (Å²) < 4.78 is 4.89. The van der Waals surface area contributed by atoms with Crippen LogP contribution in [-0.4, -0.2) is 47.6 Å². The number of esters is 1. The summed E-state index contributed by atoms with van der Waals surface area (Å²) in [4.78, 5) is 61.1. The normalized spacial score (nSPS) is 12.4. The van der Waals surface area contributed by atoms with Crippen LogP contribution in [0.3, 0.4) is 0 Å². The van der Waals surface area contributed by atoms with E-state index in [2.05, 4.69) is 10.6 Å². The Kier molecular flexibility index (Phi) is 8.04. The number of anilines is 2. The van der Waals surface area contributed by atoms with E-state index < -0.39 is 30.3 Å². The van der Waals surface area contributed by atoms with E-state index in [9.17, 15) is 24.0 Å². The second-order valence-electron chi connectivity index (χ2n) is 6.99. The number of halogens is 4. The van der Waals surface area contributed by atoms with Gasteiger partial charge in [-0.2, -0.15) is 0 Å². The molecule has 0 saturated heterocycles. The molecular formula is C21H15Cl4N3O6. The van der Waals surface area contributed by atoms with Gasteiger partial charge in [-0.3, -0.25) is 28.9 Å². The highest BCUT2D eigenvalue weighted by molar-refractivity contribution is 6.55. The second kappa shape index (κ2) is 10.6. The van der Waals surface area contributed by atoms with Crippen LogP contribution >= 0.6 is 46.4 Å². The van der Waals surface area contributed by atoms with Gasteiger partial charge in [0.15, 0.2) is 6.61 Å². The van der Waals surface area contributed by atoms with Gasteiger partial charge < -0.3 is 15.4 Å². The van der Waals surface area contributed by atoms with Crippen LogP contribution in [0.4, 0.5) is 11.4 Å². The van der Waals surface area contributed by atoms with Crippen molar-refractivity contribution in [2.24, 2.45) is 0 Å². The fourth-order valence-electron chi connectivity index (χ4n) is 3.06. The molecule has 0 fully saturated rings. The van der Waals surface area contributed by atoms with E-state index >= 15 is 0 Å². The zero-order valence-corrected chi connectivity index (χ0v) is 20.4. The lowest BCUT2D eigenvalue weighted by Gasteiger charge is -2.13. The molecule has 13 heteroatoms. The number of rotatable bonds is 7. The van der Waals surface area contributed by atoms with Gasteiger partial charge in [0, 0.05) is 24.8 Å². The molecule has 2 aromatic rings. The molecule has 1 aliphatic heterocycles. The number of amides is 4. The Morgan fingerprint density at radius 2 is 1.29 bits per heavy atom. The molecule has 0 aliphatic carbocycles. The number of ether oxygens (including phenoxy) is 1. The average molecular weight is 547 g/mol. The second-order valence-corrected chi connectivity index (χ2v) is 8.50. The minimum atomic E-state index is -0.819. The average Bonchev–Trinajstić information content (AvgIpc) is 3.04. The van der Waals surface area contributed by atoms with E-state index in [1.807, 2.05) is 0 Å². The number of hydrogen-bond acceptors (Lipinski definition) is 6. The molecule has 1 aliphatic rings. The Morgan fingerprint density at radius 3 is 1.76 bits per heavy atom. The van der Waals surface area contributed by atoms with Crippen molar-refractivity contribution >= 4 is 87.4 Å². The fourth-order valence-corrected chi connectivity index (χ4v) is 4.07. The topological polar surface area (TPSA) is 122 Å². The van der Waals surface area contributed by atoms with Gasteiger partial charge >= 0.3 is 5.97 Å². The SMILES string of the molecule is CC(=O)Nc1ccc(NC(=O)COC(=O)CCN2C(=O)c3c(Cl)c(Cl)c(Cl)c(Cl)c3C2=O)cc1. The number of carbonyl (C=O) groups is 5. The van der Waals surface area contributed by atoms with Crippen molar-refractivity contribution in [3.05, 3.63) is 55.5 Å². The molecule has 2 N–H and O–H groups in total. The third kappa shape index (κ3) is 5.44. The molecule has 0 saturated carbocycles. The standard InChI is InChI=1S/C21H15Cl4N3O6/c1-9(29)26-10-2-4-11(5-3-10)27-12(30)8-34-13(31)6-7-28-20(32)14-15(21(28)33)17(23)19(25)18(24)16(14)22/h2-5H,6-8H2,1H3,(H,26,29)(H,27,30). The molecule has 0 spiro atoms. The van der Waals surface area contributed by atoms with E-state index in [4.69, 9.17) is 51.1 Å². The molecule has 0 aromatic heterocycles. The van der Waals surface area contributed by atoms with Crippen LogP contribution in [0.25, 0.3) is 0 Å². The maximum absolute atomic E-state index is 12.6. The Hall–Kier alpha value is -2.85. The Morgan fingerprint density at radius 1 is 0.824 bits per heavy atom. The Bertz CT molecular complexity index is 1170. The van der Waals surface area contributed by atoms with Crippen molar-refractivity contribution < 1.29 is 28.7 Å². The van der Waals surface area contributed by atoms with Crippen LogP contribution in [-0.2, 0) is 19.1 Å². The first kappa shape index (κ1) is 25.8. The quantitative estimate of drug-likeness (QED) is 0.229. The lowest BCUT2D eigenvalue weighted by molar-refractivity contribution is -0.147. The van der Waals surface area contributed by atoms with Crippen LogP contribution in [0.2, 0.25) is 20.1 Å². The molecule has 0 radical (unpaired) electrons. The zero-order valence-electron chi connectivity index (χ0n) is 17.3. The molecule has 9 nitrogen and oxygen atoms in total. The molecule has 2 aromatic carbocycles. The highest BCUT2D eigenvalue weighted by Crippen LogP contribution is 2.44. The molecule has 178 valence electrons. The van der Waals surface area contributed by atoms with E-state index in [-0.39, 0.29) is 50.1 Å². The summed E-state index contributed by atoms with van der Waals surface area (Å²) >= 11 is 24.0. The minimum absolute atomic E-state index is 0.162. The predicted octanol–water partition coefficient (Wildman–Crippen LogP) is 4.43. The molecule has 1 heterocycles. The van der Waals surface area contributed by atoms with E-state index in [0.29, 0.717) is 11.4 Å². The van der Waals surface area contributed by atoms with Gasteiger partial charge in [-0.25, -0.2) is 0 Å². The van der Waals surface area contributed by atoms with Crippen LogP contribution in [0.1, 0.15) is 34.1 Å². The van der Waals surface area contributed by atoms with Gasteiger partial charge in [0.25, 0.3) is 17.7 Å². The number of hydrogen-bond donors (Lipinski definition) is 2. The number of fused-ring (bicyclic) bond motifs is 1. The van der Waals surface area contributed by atoms with Gasteiger partial charge in [-0.15, -0.1) is 0 Å². The molecule has 4 amide bonds. The van der Waals surface area contributed by atoms with Crippen LogP contribution in [0.15, 0.2) is 24.3 Å². The molecule has 3 rings (SSSR count). The summed E-state index contributed by atoms with van der Waals surface area (Å²) in [6.45, 7) is 0.449. The maximum Gasteiger partial charge on any atom is 0.308 e. The minimum Gasteiger partial charge on any atom is -0.456 e. The van der Waals surface area contributed by atoms with E-state index in [1.165, 1.54) is 6.92 Å². The Balaban J connectivity index is 1.52. The third-order valence-corrected chi connectivity index (χ3v) is 6.38. The summed E-state index contributed by atoms with van der Waals surface area (Å²) in [5.41, 5.74) is 0.594. The van der Waals surface area contributed by atoms with Crippen molar-refractivity contribution in [2.75, 3.05) is 23.8 Å². The first-order valence-electron chi connectivity index (χ1n) is 9.56. The molecule has 0 bridgehead atoms. The first-order valence-corrected chi connectivity index (χ1v) is 11.1. The molecule has 0 atom stereocenters. The van der Waals surface area contributed by atoms with Crippen molar-refractivity contribution in [1.82, 2.24) is 4.90 Å².